The van der Waals surface area contributed by atoms with E-state index in [1.54, 1.807) is 0 Å². The van der Waals surface area contributed by atoms with E-state index in [-0.39, 0.29) is 5.75 Å². The number of hydrogen-bond acceptors (Lipinski definition) is 5. The largest absolute Gasteiger partial charge is 0.346 e. The quantitative estimate of drug-likeness (QED) is 0.775. The van der Waals surface area contributed by atoms with Crippen molar-refractivity contribution in [2.75, 3.05) is 31.6 Å². The number of imidazole rings is 1. The van der Waals surface area contributed by atoms with Gasteiger partial charge in [0.2, 0.25) is 0 Å². The average molecular weight is 347 g/mol. The Hall–Kier alpha value is -1.93. The maximum atomic E-state index is 11.3. The fourth-order valence-corrected chi connectivity index (χ4v) is 4.11. The lowest BCUT2D eigenvalue weighted by atomic mass is 10.0. The van der Waals surface area contributed by atoms with Crippen LogP contribution in [0.4, 0.5) is 0 Å². The van der Waals surface area contributed by atoms with Gasteiger partial charge >= 0.3 is 0 Å². The van der Waals surface area contributed by atoms with E-state index < -0.39 is 9.84 Å². The predicted molar refractivity (Wildman–Crippen MR) is 93.8 cm³/mol. The summed E-state index contributed by atoms with van der Waals surface area (Å²) in [5.41, 5.74) is 2.94. The highest BCUT2D eigenvalue weighted by molar-refractivity contribution is 7.90. The number of sulfone groups is 1. The molecule has 0 radical (unpaired) electrons. The third kappa shape index (κ3) is 2.91. The van der Waals surface area contributed by atoms with Crippen LogP contribution in [0.3, 0.4) is 0 Å². The summed E-state index contributed by atoms with van der Waals surface area (Å²) in [5.74, 6) is 0.237. The summed E-state index contributed by atoms with van der Waals surface area (Å²) < 4.78 is 24.9. The standard InChI is InChI=1S/C16H21N5O2S/c1-24(22,23)9-8-20-6-3-12(4-7-20)21-11-19-14-10-18-16-13(15(14)21)2-5-17-16/h2,5,10-12H,3-4,6-9H2,1H3,(H,17,18). The van der Waals surface area contributed by atoms with Crippen molar-refractivity contribution in [2.24, 2.45) is 0 Å². The summed E-state index contributed by atoms with van der Waals surface area (Å²) in [4.78, 5) is 14.3. The van der Waals surface area contributed by atoms with Gasteiger partial charge < -0.3 is 14.5 Å². The van der Waals surface area contributed by atoms with Crippen LogP contribution in [-0.2, 0) is 9.84 Å². The summed E-state index contributed by atoms with van der Waals surface area (Å²) in [6.45, 7) is 2.46. The van der Waals surface area contributed by atoms with Crippen LogP contribution in [0.25, 0.3) is 22.1 Å². The maximum absolute atomic E-state index is 11.3. The van der Waals surface area contributed by atoms with Gasteiger partial charge in [-0.15, -0.1) is 0 Å². The van der Waals surface area contributed by atoms with Gasteiger partial charge in [0.15, 0.2) is 0 Å². The molecule has 1 N–H and O–H groups in total. The van der Waals surface area contributed by atoms with Crippen molar-refractivity contribution in [3.8, 4) is 0 Å². The van der Waals surface area contributed by atoms with E-state index in [4.69, 9.17) is 0 Å². The first-order chi connectivity index (χ1) is 11.5. The van der Waals surface area contributed by atoms with Crippen LogP contribution in [0.1, 0.15) is 18.9 Å². The number of aromatic amines is 1. The minimum absolute atomic E-state index is 0.237. The molecule has 7 nitrogen and oxygen atoms in total. The predicted octanol–water partition coefficient (Wildman–Crippen LogP) is 1.59. The lowest BCUT2D eigenvalue weighted by molar-refractivity contribution is 0.197. The summed E-state index contributed by atoms with van der Waals surface area (Å²) in [5, 5.41) is 1.10. The van der Waals surface area contributed by atoms with Crippen molar-refractivity contribution in [1.29, 1.82) is 0 Å². The first-order valence-electron chi connectivity index (χ1n) is 8.20. The zero-order valence-corrected chi connectivity index (χ0v) is 14.5. The van der Waals surface area contributed by atoms with Gasteiger partial charge in [0.05, 0.1) is 23.8 Å². The molecular weight excluding hydrogens is 326 g/mol. The molecule has 4 rings (SSSR count). The molecule has 0 bridgehead atoms. The molecule has 0 aliphatic carbocycles. The van der Waals surface area contributed by atoms with E-state index in [0.717, 1.165) is 48.0 Å². The van der Waals surface area contributed by atoms with E-state index in [9.17, 15) is 8.42 Å². The van der Waals surface area contributed by atoms with E-state index in [1.807, 2.05) is 24.8 Å². The molecule has 128 valence electrons. The molecule has 0 aromatic carbocycles. The van der Waals surface area contributed by atoms with Gasteiger partial charge in [0, 0.05) is 43.5 Å². The van der Waals surface area contributed by atoms with Crippen LogP contribution >= 0.6 is 0 Å². The average Bonchev–Trinajstić information content (AvgIpc) is 3.18. The molecule has 1 aliphatic rings. The highest BCUT2D eigenvalue weighted by atomic mass is 32.2. The third-order valence-electron chi connectivity index (χ3n) is 4.85. The van der Waals surface area contributed by atoms with Crippen molar-refractivity contribution in [2.45, 2.75) is 18.9 Å². The molecule has 1 saturated heterocycles. The second-order valence-electron chi connectivity index (χ2n) is 6.59. The summed E-state index contributed by atoms with van der Waals surface area (Å²) >= 11 is 0. The fourth-order valence-electron chi connectivity index (χ4n) is 3.52. The van der Waals surface area contributed by atoms with Gasteiger partial charge in [-0.25, -0.2) is 18.4 Å². The van der Waals surface area contributed by atoms with Gasteiger partial charge in [-0.3, -0.25) is 0 Å². The van der Waals surface area contributed by atoms with Crippen LogP contribution in [-0.4, -0.2) is 64.5 Å². The third-order valence-corrected chi connectivity index (χ3v) is 5.77. The number of pyridine rings is 1. The Labute approximate surface area is 140 Å². The number of likely N-dealkylation sites (tertiary alicyclic amines) is 1. The van der Waals surface area contributed by atoms with Crippen LogP contribution in [0.2, 0.25) is 0 Å². The highest BCUT2D eigenvalue weighted by Gasteiger charge is 2.23. The Morgan fingerprint density at radius 1 is 1.29 bits per heavy atom. The smallest absolute Gasteiger partial charge is 0.148 e. The van der Waals surface area contributed by atoms with Crippen molar-refractivity contribution in [3.63, 3.8) is 0 Å². The number of fused-ring (bicyclic) bond motifs is 3. The van der Waals surface area contributed by atoms with Crippen molar-refractivity contribution < 1.29 is 8.42 Å². The van der Waals surface area contributed by atoms with Crippen LogP contribution in [0, 0.1) is 0 Å². The molecule has 3 aromatic heterocycles. The Morgan fingerprint density at radius 2 is 2.08 bits per heavy atom. The molecule has 4 heterocycles. The molecule has 1 aliphatic heterocycles. The minimum Gasteiger partial charge on any atom is -0.346 e. The zero-order chi connectivity index (χ0) is 16.7. The number of nitrogens with zero attached hydrogens (tertiary/aromatic N) is 4. The summed E-state index contributed by atoms with van der Waals surface area (Å²) in [6.07, 6.45) is 8.93. The number of rotatable bonds is 4. The van der Waals surface area contributed by atoms with Gasteiger partial charge in [-0.1, -0.05) is 0 Å². The van der Waals surface area contributed by atoms with Gasteiger partial charge in [-0.2, -0.15) is 0 Å². The number of piperidine rings is 1. The van der Waals surface area contributed by atoms with Crippen molar-refractivity contribution >= 4 is 31.9 Å². The van der Waals surface area contributed by atoms with Crippen molar-refractivity contribution in [3.05, 3.63) is 24.8 Å². The Morgan fingerprint density at radius 3 is 2.83 bits per heavy atom. The molecule has 0 spiro atoms. The van der Waals surface area contributed by atoms with E-state index >= 15 is 0 Å². The molecule has 3 aromatic rings. The molecule has 1 fully saturated rings. The monoisotopic (exact) mass is 347 g/mol. The second kappa shape index (κ2) is 5.86. The Bertz CT molecular complexity index is 967. The van der Waals surface area contributed by atoms with E-state index in [0.29, 0.717) is 12.6 Å². The van der Waals surface area contributed by atoms with Gasteiger partial charge in [0.25, 0.3) is 0 Å². The summed E-state index contributed by atoms with van der Waals surface area (Å²) in [7, 11) is -2.89. The number of aromatic nitrogens is 4. The molecule has 0 atom stereocenters. The number of nitrogens with one attached hydrogen (secondary N) is 1. The maximum Gasteiger partial charge on any atom is 0.148 e. The second-order valence-corrected chi connectivity index (χ2v) is 8.85. The SMILES string of the molecule is CS(=O)(=O)CCN1CCC(n2cnc3cnc4[nH]ccc4c32)CC1. The molecular formula is C16H21N5O2S. The lowest BCUT2D eigenvalue weighted by Crippen LogP contribution is -2.37. The Kier molecular flexibility index (Phi) is 3.80. The van der Waals surface area contributed by atoms with Gasteiger partial charge in [0.1, 0.15) is 21.0 Å². The Balaban J connectivity index is 1.54. The fraction of sp³-hybridized carbons (Fsp3) is 0.500. The van der Waals surface area contributed by atoms with Crippen LogP contribution in [0.15, 0.2) is 24.8 Å². The first-order valence-corrected chi connectivity index (χ1v) is 10.3. The lowest BCUT2D eigenvalue weighted by Gasteiger charge is -2.32. The molecule has 0 unspecified atom stereocenters. The first kappa shape index (κ1) is 15.6. The van der Waals surface area contributed by atoms with E-state index in [1.165, 1.54) is 6.26 Å². The topological polar surface area (TPSA) is 83.9 Å². The molecule has 24 heavy (non-hydrogen) atoms. The number of hydrogen-bond donors (Lipinski definition) is 1. The van der Waals surface area contributed by atoms with Gasteiger partial charge in [-0.05, 0) is 18.9 Å². The molecule has 0 saturated carbocycles. The number of H-pyrrole nitrogens is 1. The highest BCUT2D eigenvalue weighted by Crippen LogP contribution is 2.29. The minimum atomic E-state index is -2.89. The van der Waals surface area contributed by atoms with Crippen LogP contribution in [0.5, 0.6) is 0 Å². The molecule has 8 heteroatoms. The zero-order valence-electron chi connectivity index (χ0n) is 13.6. The van der Waals surface area contributed by atoms with Crippen molar-refractivity contribution in [1.82, 2.24) is 24.4 Å². The van der Waals surface area contributed by atoms with Crippen LogP contribution < -0.4 is 0 Å². The van der Waals surface area contributed by atoms with E-state index in [2.05, 4.69) is 24.4 Å². The molecule has 0 amide bonds. The normalized spacial score (nSPS) is 17.9. The summed E-state index contributed by atoms with van der Waals surface area (Å²) in [6, 6.07) is 2.44.